The van der Waals surface area contributed by atoms with Gasteiger partial charge in [-0.3, -0.25) is 0 Å². The molecule has 19 heteroatoms. The van der Waals surface area contributed by atoms with E-state index in [1.165, 1.54) is 0 Å². The van der Waals surface area contributed by atoms with E-state index in [4.69, 9.17) is 62.6 Å². The average Bonchev–Trinajstić information content (AvgIpc) is 3.45. The highest BCUT2D eigenvalue weighted by Crippen LogP contribution is 2.38. The van der Waals surface area contributed by atoms with Gasteiger partial charge >= 0.3 is 0 Å². The first kappa shape index (κ1) is 54.4. The maximum atomic E-state index is 10.3. The molecule has 4 aromatic carbocycles. The van der Waals surface area contributed by atoms with E-state index in [9.17, 15) is 10.2 Å². The second-order valence-corrected chi connectivity index (χ2v) is 18.3. The van der Waals surface area contributed by atoms with E-state index in [0.29, 0.717) is 136 Å². The molecule has 0 aliphatic carbocycles. The third-order valence-corrected chi connectivity index (χ3v) is 12.9. The SMILES string of the molecule is CNCC(O)COc1cccc(-c2nc(-c3ccc4c(c3)OCCO4)cc(N(CCOC)CCOCC3COCCC3N(C)c3cc(-c4ccc(OC)c(OC)c4)nc(-c4cccc(OCC(O)CNC)c4)n3)n2)c1. The zero-order chi connectivity index (χ0) is 52.5. The van der Waals surface area contributed by atoms with Gasteiger partial charge in [0.2, 0.25) is 0 Å². The first-order chi connectivity index (χ1) is 36.7. The Hall–Kier alpha value is -6.84. The van der Waals surface area contributed by atoms with Crippen LogP contribution >= 0.6 is 0 Å². The number of aliphatic hydroxyl groups is 2. The third kappa shape index (κ3) is 14.5. The lowest BCUT2D eigenvalue weighted by atomic mass is 9.95. The highest BCUT2D eigenvalue weighted by Gasteiger charge is 2.31. The fourth-order valence-corrected chi connectivity index (χ4v) is 8.96. The number of rotatable bonds is 27. The molecule has 4 atom stereocenters. The Morgan fingerprint density at radius 3 is 1.88 bits per heavy atom. The predicted molar refractivity (Wildman–Crippen MR) is 287 cm³/mol. The number of anilines is 2. The van der Waals surface area contributed by atoms with E-state index in [2.05, 4.69) is 27.5 Å². The fourth-order valence-electron chi connectivity index (χ4n) is 8.96. The third-order valence-electron chi connectivity index (χ3n) is 12.9. The summed E-state index contributed by atoms with van der Waals surface area (Å²) in [6, 6.07) is 30.7. The van der Waals surface area contributed by atoms with E-state index in [-0.39, 0.29) is 25.2 Å². The lowest BCUT2D eigenvalue weighted by Gasteiger charge is -2.38. The van der Waals surface area contributed by atoms with Crippen molar-refractivity contribution < 1.29 is 52.8 Å². The molecule has 400 valence electrons. The normalized spacial score (nSPS) is 15.9. The molecule has 8 rings (SSSR count). The molecule has 4 heterocycles. The summed E-state index contributed by atoms with van der Waals surface area (Å²) in [6.45, 7) is 5.42. The van der Waals surface area contributed by atoms with Crippen LogP contribution in [-0.4, -0.2) is 177 Å². The van der Waals surface area contributed by atoms with Gasteiger partial charge in [0.15, 0.2) is 34.6 Å². The molecule has 2 aliphatic rings. The molecule has 4 N–H and O–H groups in total. The van der Waals surface area contributed by atoms with Crippen LogP contribution in [-0.2, 0) is 14.2 Å². The summed E-state index contributed by atoms with van der Waals surface area (Å²) in [7, 11) is 10.5. The van der Waals surface area contributed by atoms with Crippen LogP contribution in [0.3, 0.4) is 0 Å². The Bertz CT molecular complexity index is 2770. The number of likely N-dealkylation sites (N-methyl/N-ethyl adjacent to an activating group) is 2. The van der Waals surface area contributed by atoms with E-state index in [0.717, 1.165) is 34.5 Å². The number of aliphatic hydroxyl groups excluding tert-OH is 2. The summed E-state index contributed by atoms with van der Waals surface area (Å²) >= 11 is 0. The van der Waals surface area contributed by atoms with Gasteiger partial charge in [0, 0.05) is 93.3 Å². The monoisotopic (exact) mass is 1030 g/mol. The van der Waals surface area contributed by atoms with Crippen LogP contribution in [0, 0.1) is 5.92 Å². The van der Waals surface area contributed by atoms with Crippen molar-refractivity contribution in [2.45, 2.75) is 24.7 Å². The number of methoxy groups -OCH3 is 3. The molecular formula is C56H70N8O11. The summed E-state index contributed by atoms with van der Waals surface area (Å²) in [4.78, 5) is 24.8. The highest BCUT2D eigenvalue weighted by molar-refractivity contribution is 5.72. The smallest absolute Gasteiger partial charge is 0.162 e. The standard InChI is InChI=1S/C56H70N8O11/c1-57-31-42(65)35-74-44-11-7-9-39(25-44)55-59-46(37-13-15-49(68-5)51(27-37)69-6)29-53(61-55)63(3)48-17-20-70-33-41(48)34-71-22-19-64(18-21-67-4)54-30-47(38-14-16-50-52(28-38)73-24-23-72-50)60-56(62-54)40-10-8-12-45(26-40)75-36-43(66)32-58-2/h7-16,25-30,41-43,48,57-58,65-66H,17-24,31-36H2,1-6H3. The molecule has 0 radical (unpaired) electrons. The zero-order valence-corrected chi connectivity index (χ0v) is 43.7. The molecule has 19 nitrogen and oxygen atoms in total. The number of fused-ring (bicyclic) bond motifs is 1. The molecule has 2 aromatic heterocycles. The number of benzene rings is 4. The number of aromatic nitrogens is 4. The molecule has 6 aromatic rings. The lowest BCUT2D eigenvalue weighted by Crippen LogP contribution is -2.46. The molecule has 1 fully saturated rings. The Balaban J connectivity index is 1.03. The molecule has 0 bridgehead atoms. The van der Waals surface area contributed by atoms with E-state index < -0.39 is 12.2 Å². The minimum absolute atomic E-state index is 0.00110. The molecule has 0 spiro atoms. The molecule has 4 unspecified atom stereocenters. The summed E-state index contributed by atoms with van der Waals surface area (Å²) in [5.74, 6) is 6.13. The van der Waals surface area contributed by atoms with Crippen LogP contribution in [0.2, 0.25) is 0 Å². The van der Waals surface area contributed by atoms with Gasteiger partial charge in [-0.2, -0.15) is 0 Å². The van der Waals surface area contributed by atoms with Crippen LogP contribution in [0.25, 0.3) is 45.3 Å². The van der Waals surface area contributed by atoms with Gasteiger partial charge in [0.25, 0.3) is 0 Å². The van der Waals surface area contributed by atoms with Gasteiger partial charge < -0.3 is 73.3 Å². The van der Waals surface area contributed by atoms with E-state index in [1.807, 2.05) is 97.1 Å². The Morgan fingerprint density at radius 1 is 0.640 bits per heavy atom. The van der Waals surface area contributed by atoms with Gasteiger partial charge in [-0.1, -0.05) is 24.3 Å². The summed E-state index contributed by atoms with van der Waals surface area (Å²) in [5, 5.41) is 26.6. The van der Waals surface area contributed by atoms with Crippen LogP contribution in [0.1, 0.15) is 6.42 Å². The number of nitrogens with one attached hydrogen (secondary N) is 2. The molecule has 1 saturated heterocycles. The number of ether oxygens (including phenoxy) is 9. The highest BCUT2D eigenvalue weighted by atomic mass is 16.6. The first-order valence-electron chi connectivity index (χ1n) is 25.3. The van der Waals surface area contributed by atoms with Gasteiger partial charge in [-0.15, -0.1) is 0 Å². The van der Waals surface area contributed by atoms with Gasteiger partial charge in [-0.05, 0) is 81.2 Å². The van der Waals surface area contributed by atoms with Crippen molar-refractivity contribution in [2.24, 2.45) is 5.92 Å². The lowest BCUT2D eigenvalue weighted by molar-refractivity contribution is -0.00467. The summed E-state index contributed by atoms with van der Waals surface area (Å²) in [5.41, 5.74) is 4.56. The zero-order valence-electron chi connectivity index (χ0n) is 43.7. The van der Waals surface area contributed by atoms with Crippen LogP contribution < -0.4 is 48.9 Å². The van der Waals surface area contributed by atoms with Crippen molar-refractivity contribution in [3.05, 3.63) is 97.1 Å². The number of nitrogens with zero attached hydrogens (tertiary/aromatic N) is 6. The largest absolute Gasteiger partial charge is 0.493 e. The minimum Gasteiger partial charge on any atom is -0.493 e. The van der Waals surface area contributed by atoms with Crippen molar-refractivity contribution in [2.75, 3.05) is 138 Å². The van der Waals surface area contributed by atoms with Gasteiger partial charge in [0.05, 0.1) is 52.0 Å². The summed E-state index contributed by atoms with van der Waals surface area (Å²) < 4.78 is 53.3. The Labute approximate surface area is 439 Å². The average molecular weight is 1030 g/mol. The van der Waals surface area contributed by atoms with Crippen LogP contribution in [0.5, 0.6) is 34.5 Å². The van der Waals surface area contributed by atoms with Crippen molar-refractivity contribution in [1.82, 2.24) is 30.6 Å². The Kier molecular flexibility index (Phi) is 19.7. The second-order valence-electron chi connectivity index (χ2n) is 18.3. The summed E-state index contributed by atoms with van der Waals surface area (Å²) in [6.07, 6.45) is -0.585. The van der Waals surface area contributed by atoms with Crippen molar-refractivity contribution in [3.63, 3.8) is 0 Å². The number of hydrogen-bond donors (Lipinski definition) is 4. The van der Waals surface area contributed by atoms with E-state index in [1.54, 1.807) is 35.4 Å². The van der Waals surface area contributed by atoms with Gasteiger partial charge in [0.1, 0.15) is 61.8 Å². The first-order valence-corrected chi connectivity index (χ1v) is 25.3. The maximum Gasteiger partial charge on any atom is 0.162 e. The van der Waals surface area contributed by atoms with Gasteiger partial charge in [-0.25, -0.2) is 19.9 Å². The molecule has 0 saturated carbocycles. The maximum absolute atomic E-state index is 10.3. The molecule has 2 aliphatic heterocycles. The predicted octanol–water partition coefficient (Wildman–Crippen LogP) is 5.65. The quantitative estimate of drug-likeness (QED) is 0.0460. The Morgan fingerprint density at radius 2 is 1.24 bits per heavy atom. The fraction of sp³-hybridized carbons (Fsp3) is 0.429. The minimum atomic E-state index is -0.670. The van der Waals surface area contributed by atoms with Crippen LogP contribution in [0.4, 0.5) is 11.6 Å². The van der Waals surface area contributed by atoms with Crippen LogP contribution in [0.15, 0.2) is 97.1 Å². The van der Waals surface area contributed by atoms with E-state index >= 15 is 0 Å². The second kappa shape index (κ2) is 27.1. The van der Waals surface area contributed by atoms with Crippen molar-refractivity contribution in [3.8, 4) is 79.8 Å². The number of hydrogen-bond acceptors (Lipinski definition) is 19. The molecular weight excluding hydrogens is 961 g/mol. The topological polar surface area (TPSA) is 206 Å². The van der Waals surface area contributed by atoms with Crippen molar-refractivity contribution >= 4 is 11.6 Å². The molecule has 0 amide bonds. The molecule has 75 heavy (non-hydrogen) atoms. The van der Waals surface area contributed by atoms with Crippen molar-refractivity contribution in [1.29, 1.82) is 0 Å².